The van der Waals surface area contributed by atoms with E-state index in [1.54, 1.807) is 36.1 Å². The summed E-state index contributed by atoms with van der Waals surface area (Å²) in [6.07, 6.45) is 1.51. The number of nitrogens with one attached hydrogen (secondary N) is 1. The van der Waals surface area contributed by atoms with Crippen LogP contribution in [-0.4, -0.2) is 41.5 Å². The summed E-state index contributed by atoms with van der Waals surface area (Å²) in [6, 6.07) is 6.80. The van der Waals surface area contributed by atoms with Crippen LogP contribution in [0.4, 0.5) is 0 Å². The second kappa shape index (κ2) is 5.80. The van der Waals surface area contributed by atoms with E-state index in [1.807, 2.05) is 0 Å². The topological polar surface area (TPSA) is 69.6 Å². The summed E-state index contributed by atoms with van der Waals surface area (Å²) in [5.74, 6) is -0.265. The van der Waals surface area contributed by atoms with Crippen molar-refractivity contribution >= 4 is 23.4 Å². The van der Waals surface area contributed by atoms with Crippen LogP contribution in [0.25, 0.3) is 0 Å². The molecule has 2 aliphatic rings. The molecule has 3 rings (SSSR count). The zero-order valence-electron chi connectivity index (χ0n) is 13.1. The summed E-state index contributed by atoms with van der Waals surface area (Å²) in [6.45, 7) is 3.47. The van der Waals surface area contributed by atoms with Gasteiger partial charge in [-0.25, -0.2) is 0 Å². The van der Waals surface area contributed by atoms with E-state index >= 15 is 0 Å². The summed E-state index contributed by atoms with van der Waals surface area (Å²) in [5.41, 5.74) is -1.23. The monoisotopic (exact) mass is 336 g/mol. The van der Waals surface area contributed by atoms with Gasteiger partial charge in [-0.05, 0) is 30.5 Å². The van der Waals surface area contributed by atoms with Crippen molar-refractivity contribution in [3.8, 4) is 0 Å². The van der Waals surface area contributed by atoms with Crippen molar-refractivity contribution in [2.75, 3.05) is 19.6 Å². The van der Waals surface area contributed by atoms with Gasteiger partial charge in [-0.15, -0.1) is 0 Å². The van der Waals surface area contributed by atoms with Gasteiger partial charge in [0.05, 0.1) is 0 Å². The van der Waals surface area contributed by atoms with E-state index in [0.717, 1.165) is 6.42 Å². The van der Waals surface area contributed by atoms with Crippen LogP contribution in [0.3, 0.4) is 0 Å². The minimum absolute atomic E-state index is 0.0416. The summed E-state index contributed by atoms with van der Waals surface area (Å²) in [5, 5.41) is 14.3. The highest BCUT2D eigenvalue weighted by atomic mass is 35.5. The Morgan fingerprint density at radius 1 is 1.52 bits per heavy atom. The summed E-state index contributed by atoms with van der Waals surface area (Å²) in [4.78, 5) is 26.2. The predicted octanol–water partition coefficient (Wildman–Crippen LogP) is 1.68. The normalized spacial score (nSPS) is 26.4. The number of benzene rings is 1. The lowest BCUT2D eigenvalue weighted by atomic mass is 9.86. The van der Waals surface area contributed by atoms with Crippen molar-refractivity contribution in [3.05, 3.63) is 34.9 Å². The van der Waals surface area contributed by atoms with Crippen molar-refractivity contribution in [2.45, 2.75) is 31.8 Å². The predicted molar refractivity (Wildman–Crippen MR) is 86.9 cm³/mol. The van der Waals surface area contributed by atoms with Gasteiger partial charge in [0.25, 0.3) is 5.91 Å². The van der Waals surface area contributed by atoms with E-state index < -0.39 is 5.60 Å². The third kappa shape index (κ3) is 2.83. The highest BCUT2D eigenvalue weighted by Crippen LogP contribution is 2.39. The van der Waals surface area contributed by atoms with Crippen LogP contribution in [0.1, 0.15) is 31.7 Å². The first-order valence-electron chi connectivity index (χ1n) is 7.93. The van der Waals surface area contributed by atoms with E-state index in [9.17, 15) is 14.7 Å². The fourth-order valence-electron chi connectivity index (χ4n) is 3.63. The summed E-state index contributed by atoms with van der Waals surface area (Å²) in [7, 11) is 0. The maximum Gasteiger partial charge on any atom is 0.259 e. The Balaban J connectivity index is 1.82. The number of amides is 2. The molecule has 1 aromatic rings. The van der Waals surface area contributed by atoms with Crippen LogP contribution in [0, 0.1) is 5.41 Å². The Morgan fingerprint density at radius 3 is 2.91 bits per heavy atom. The zero-order valence-corrected chi connectivity index (χ0v) is 13.9. The van der Waals surface area contributed by atoms with Crippen molar-refractivity contribution in [1.29, 1.82) is 0 Å². The van der Waals surface area contributed by atoms with Gasteiger partial charge >= 0.3 is 0 Å². The minimum atomic E-state index is -1.58. The van der Waals surface area contributed by atoms with Crippen LogP contribution in [0.2, 0.25) is 5.02 Å². The Labute approximate surface area is 140 Å². The number of aliphatic hydroxyl groups is 1. The van der Waals surface area contributed by atoms with E-state index in [1.165, 1.54) is 0 Å². The third-order valence-corrected chi connectivity index (χ3v) is 5.32. The zero-order chi connectivity index (χ0) is 16.7. The average molecular weight is 337 g/mol. The fraction of sp³-hybridized carbons (Fsp3) is 0.529. The molecule has 5 nitrogen and oxygen atoms in total. The van der Waals surface area contributed by atoms with Crippen molar-refractivity contribution in [3.63, 3.8) is 0 Å². The number of hydrogen-bond acceptors (Lipinski definition) is 3. The van der Waals surface area contributed by atoms with Gasteiger partial charge in [-0.2, -0.15) is 0 Å². The molecule has 0 bridgehead atoms. The second-order valence-corrected chi connectivity index (χ2v) is 7.09. The van der Waals surface area contributed by atoms with Crippen LogP contribution in [0.5, 0.6) is 0 Å². The molecule has 2 fully saturated rings. The maximum atomic E-state index is 13.0. The quantitative estimate of drug-likeness (QED) is 0.882. The number of halogens is 1. The molecule has 2 amide bonds. The third-order valence-electron chi connectivity index (χ3n) is 5.09. The van der Waals surface area contributed by atoms with E-state index in [0.29, 0.717) is 36.6 Å². The lowest BCUT2D eigenvalue weighted by Gasteiger charge is -2.32. The largest absolute Gasteiger partial charge is 0.375 e. The Kier molecular flexibility index (Phi) is 4.10. The lowest BCUT2D eigenvalue weighted by Crippen LogP contribution is -2.46. The molecule has 124 valence electrons. The van der Waals surface area contributed by atoms with Crippen LogP contribution in [-0.2, 0) is 15.2 Å². The minimum Gasteiger partial charge on any atom is -0.375 e. The van der Waals surface area contributed by atoms with Crippen molar-refractivity contribution in [2.24, 2.45) is 5.41 Å². The smallest absolute Gasteiger partial charge is 0.259 e. The molecular weight excluding hydrogens is 316 g/mol. The number of nitrogens with zero attached hydrogens (tertiary/aromatic N) is 1. The van der Waals surface area contributed by atoms with Gasteiger partial charge in [-0.3, -0.25) is 9.59 Å². The molecule has 0 radical (unpaired) electrons. The molecule has 2 heterocycles. The first kappa shape index (κ1) is 16.3. The Bertz CT molecular complexity index is 650. The molecule has 1 spiro atoms. The van der Waals surface area contributed by atoms with Gasteiger partial charge in [0, 0.05) is 36.5 Å². The molecular formula is C17H21ClN2O3. The highest BCUT2D eigenvalue weighted by Gasteiger charge is 2.49. The first-order valence-corrected chi connectivity index (χ1v) is 8.31. The van der Waals surface area contributed by atoms with Gasteiger partial charge < -0.3 is 15.3 Å². The van der Waals surface area contributed by atoms with Crippen LogP contribution >= 0.6 is 11.6 Å². The highest BCUT2D eigenvalue weighted by molar-refractivity contribution is 6.30. The van der Waals surface area contributed by atoms with Crippen LogP contribution < -0.4 is 5.32 Å². The van der Waals surface area contributed by atoms with E-state index in [-0.39, 0.29) is 23.7 Å². The average Bonchev–Trinajstić information content (AvgIpc) is 3.12. The van der Waals surface area contributed by atoms with Crippen molar-refractivity contribution < 1.29 is 14.7 Å². The molecule has 0 saturated carbocycles. The molecule has 1 aromatic carbocycles. The summed E-state index contributed by atoms with van der Waals surface area (Å²) >= 11 is 6.00. The van der Waals surface area contributed by atoms with E-state index in [4.69, 9.17) is 11.6 Å². The second-order valence-electron chi connectivity index (χ2n) is 6.65. The lowest BCUT2D eigenvalue weighted by molar-refractivity contribution is -0.152. The standard InChI is InChI=1S/C17H21ClN2O3/c1-2-17(23,12-4-3-5-13(18)8-12)15(22)20-7-6-16(11-20)9-14(21)19-10-16/h3-5,8,23H,2,6-7,9-11H2,1H3,(H,19,21)/t16-,17+/m0/s1. The molecule has 6 heteroatoms. The molecule has 2 atom stereocenters. The van der Waals surface area contributed by atoms with E-state index in [2.05, 4.69) is 5.32 Å². The SMILES string of the molecule is CC[C@](O)(C(=O)N1CC[C@]2(CNC(=O)C2)C1)c1cccc(Cl)c1. The number of carbonyl (C=O) groups is 2. The molecule has 0 unspecified atom stereocenters. The fourth-order valence-corrected chi connectivity index (χ4v) is 3.83. The summed E-state index contributed by atoms with van der Waals surface area (Å²) < 4.78 is 0. The number of rotatable bonds is 3. The molecule has 2 N–H and O–H groups in total. The molecule has 0 aromatic heterocycles. The molecule has 0 aliphatic carbocycles. The van der Waals surface area contributed by atoms with Gasteiger partial charge in [0.2, 0.25) is 5.91 Å². The van der Waals surface area contributed by atoms with Gasteiger partial charge in [0.1, 0.15) is 0 Å². The molecule has 23 heavy (non-hydrogen) atoms. The van der Waals surface area contributed by atoms with Gasteiger partial charge in [-0.1, -0.05) is 30.7 Å². The Morgan fingerprint density at radius 2 is 2.30 bits per heavy atom. The molecule has 2 saturated heterocycles. The number of hydrogen-bond donors (Lipinski definition) is 2. The maximum absolute atomic E-state index is 13.0. The van der Waals surface area contributed by atoms with Crippen LogP contribution in [0.15, 0.2) is 24.3 Å². The molecule has 2 aliphatic heterocycles. The first-order chi connectivity index (χ1) is 10.9. The number of carbonyl (C=O) groups excluding carboxylic acids is 2. The van der Waals surface area contributed by atoms with Crippen molar-refractivity contribution in [1.82, 2.24) is 10.2 Å². The Hall–Kier alpha value is -1.59. The number of likely N-dealkylation sites (tertiary alicyclic amines) is 1. The van der Waals surface area contributed by atoms with Gasteiger partial charge in [0.15, 0.2) is 5.60 Å².